The lowest BCUT2D eigenvalue weighted by molar-refractivity contribution is 0.0784. The van der Waals surface area contributed by atoms with Gasteiger partial charge in [0.1, 0.15) is 18.4 Å². The number of benzene rings is 2. The van der Waals surface area contributed by atoms with Gasteiger partial charge in [-0.05, 0) is 37.3 Å². The molecule has 0 fully saturated rings. The number of aromatic nitrogens is 3. The summed E-state index contributed by atoms with van der Waals surface area (Å²) < 4.78 is 7.04. The molecule has 0 aliphatic carbocycles. The van der Waals surface area contributed by atoms with Crippen LogP contribution in [0.25, 0.3) is 5.69 Å². The minimum absolute atomic E-state index is 0.0475. The Balaban J connectivity index is 1.75. The monoisotopic (exact) mass is 336 g/mol. The highest BCUT2D eigenvalue weighted by Crippen LogP contribution is 2.21. The fraction of sp³-hybridized carbons (Fsp3) is 0.211. The summed E-state index contributed by atoms with van der Waals surface area (Å²) in [6.45, 7) is 2.50. The van der Waals surface area contributed by atoms with Gasteiger partial charge in [-0.15, -0.1) is 0 Å². The summed E-state index contributed by atoms with van der Waals surface area (Å²) in [5.41, 5.74) is 3.60. The minimum atomic E-state index is -0.0475. The number of nitrogens with zero attached hydrogens (tertiary/aromatic N) is 4. The highest BCUT2D eigenvalue weighted by Gasteiger charge is 2.14. The molecule has 0 bridgehead atoms. The lowest BCUT2D eigenvalue weighted by atomic mass is 10.1. The normalized spacial score (nSPS) is 10.5. The lowest BCUT2D eigenvalue weighted by Gasteiger charge is -2.19. The largest absolute Gasteiger partial charge is 0.496 e. The molecule has 1 aromatic heterocycles. The first-order valence-electron chi connectivity index (χ1n) is 7.92. The molecule has 6 heteroatoms. The van der Waals surface area contributed by atoms with Gasteiger partial charge in [-0.25, -0.2) is 9.67 Å². The number of aryl methyl sites for hydroxylation is 1. The van der Waals surface area contributed by atoms with Crippen molar-refractivity contribution < 1.29 is 9.53 Å². The van der Waals surface area contributed by atoms with Crippen LogP contribution in [0.4, 0.5) is 0 Å². The molecule has 25 heavy (non-hydrogen) atoms. The Bertz CT molecular complexity index is 858. The fourth-order valence-electron chi connectivity index (χ4n) is 2.68. The molecule has 128 valence electrons. The maximum absolute atomic E-state index is 12.7. The van der Waals surface area contributed by atoms with E-state index in [1.165, 1.54) is 6.33 Å². The number of carbonyl (C=O) groups is 1. The summed E-state index contributed by atoms with van der Waals surface area (Å²) in [4.78, 5) is 18.3. The van der Waals surface area contributed by atoms with Crippen molar-refractivity contribution in [2.45, 2.75) is 13.5 Å². The van der Waals surface area contributed by atoms with E-state index < -0.39 is 0 Å². The zero-order valence-corrected chi connectivity index (χ0v) is 14.5. The van der Waals surface area contributed by atoms with Crippen LogP contribution in [-0.4, -0.2) is 39.7 Å². The van der Waals surface area contributed by atoms with Crippen LogP contribution in [0.2, 0.25) is 0 Å². The Hall–Kier alpha value is -3.15. The first-order valence-corrected chi connectivity index (χ1v) is 7.92. The zero-order chi connectivity index (χ0) is 17.8. The van der Waals surface area contributed by atoms with Crippen LogP contribution in [0.5, 0.6) is 5.75 Å². The van der Waals surface area contributed by atoms with E-state index >= 15 is 0 Å². The van der Waals surface area contributed by atoms with Crippen LogP contribution in [0.1, 0.15) is 21.5 Å². The summed E-state index contributed by atoms with van der Waals surface area (Å²) in [5, 5.41) is 4.08. The van der Waals surface area contributed by atoms with Gasteiger partial charge in [0.15, 0.2) is 0 Å². The maximum Gasteiger partial charge on any atom is 0.253 e. The Morgan fingerprint density at radius 2 is 1.96 bits per heavy atom. The van der Waals surface area contributed by atoms with Crippen LogP contribution >= 0.6 is 0 Å². The Morgan fingerprint density at radius 3 is 2.60 bits per heavy atom. The third-order valence-corrected chi connectivity index (χ3v) is 3.99. The Kier molecular flexibility index (Phi) is 4.79. The van der Waals surface area contributed by atoms with Gasteiger partial charge < -0.3 is 9.64 Å². The van der Waals surface area contributed by atoms with Gasteiger partial charge in [-0.2, -0.15) is 5.10 Å². The molecule has 0 aliphatic heterocycles. The van der Waals surface area contributed by atoms with E-state index in [1.54, 1.807) is 42.2 Å². The number of methoxy groups -OCH3 is 1. The predicted octanol–water partition coefficient (Wildman–Crippen LogP) is 2.86. The van der Waals surface area contributed by atoms with E-state index in [0.29, 0.717) is 12.1 Å². The quantitative estimate of drug-likeness (QED) is 0.719. The van der Waals surface area contributed by atoms with Gasteiger partial charge in [-0.3, -0.25) is 4.79 Å². The second-order valence-electron chi connectivity index (χ2n) is 5.86. The molecule has 1 amide bonds. The number of carbonyl (C=O) groups excluding carboxylic acids is 1. The zero-order valence-electron chi connectivity index (χ0n) is 14.5. The topological polar surface area (TPSA) is 60.2 Å². The van der Waals surface area contributed by atoms with Crippen LogP contribution in [0.3, 0.4) is 0 Å². The molecule has 6 nitrogen and oxygen atoms in total. The minimum Gasteiger partial charge on any atom is -0.496 e. The summed E-state index contributed by atoms with van der Waals surface area (Å²) in [6, 6.07) is 13.2. The number of hydrogen-bond donors (Lipinski definition) is 0. The molecule has 0 saturated heterocycles. The van der Waals surface area contributed by atoms with Crippen molar-refractivity contribution in [1.29, 1.82) is 0 Å². The van der Waals surface area contributed by atoms with Gasteiger partial charge in [0.25, 0.3) is 5.91 Å². The molecule has 0 saturated carbocycles. The van der Waals surface area contributed by atoms with E-state index in [9.17, 15) is 4.79 Å². The number of hydrogen-bond acceptors (Lipinski definition) is 4. The van der Waals surface area contributed by atoms with E-state index in [-0.39, 0.29) is 5.91 Å². The Labute approximate surface area is 146 Å². The van der Waals surface area contributed by atoms with Crippen molar-refractivity contribution in [1.82, 2.24) is 19.7 Å². The molecule has 0 N–H and O–H groups in total. The average Bonchev–Trinajstić information content (AvgIpc) is 3.16. The summed E-state index contributed by atoms with van der Waals surface area (Å²) in [5.74, 6) is 0.737. The molecule has 0 aliphatic rings. The van der Waals surface area contributed by atoms with Crippen LogP contribution in [0.15, 0.2) is 55.1 Å². The van der Waals surface area contributed by atoms with Crippen molar-refractivity contribution in [2.75, 3.05) is 14.2 Å². The standard InChI is InChI=1S/C19H20N4O2/c1-14-4-9-18(25-3)16(10-14)11-22(2)19(24)15-5-7-17(8-6-15)23-13-20-12-21-23/h4-10,12-13H,11H2,1-3H3. The summed E-state index contributed by atoms with van der Waals surface area (Å²) in [7, 11) is 3.42. The number of rotatable bonds is 5. The summed E-state index contributed by atoms with van der Waals surface area (Å²) in [6.07, 6.45) is 3.09. The first kappa shape index (κ1) is 16.7. The molecule has 1 heterocycles. The van der Waals surface area contributed by atoms with Gasteiger partial charge in [0.2, 0.25) is 0 Å². The second-order valence-corrected chi connectivity index (χ2v) is 5.86. The molecule has 0 atom stereocenters. The molecule has 3 aromatic rings. The predicted molar refractivity (Wildman–Crippen MR) is 94.9 cm³/mol. The van der Waals surface area contributed by atoms with Crippen molar-refractivity contribution >= 4 is 5.91 Å². The third-order valence-electron chi connectivity index (χ3n) is 3.99. The van der Waals surface area contributed by atoms with Gasteiger partial charge in [0.05, 0.1) is 12.8 Å². The van der Waals surface area contributed by atoms with E-state index in [0.717, 1.165) is 22.6 Å². The van der Waals surface area contributed by atoms with Crippen LogP contribution < -0.4 is 4.74 Å². The SMILES string of the molecule is COc1ccc(C)cc1CN(C)C(=O)c1ccc(-n2cncn2)cc1. The lowest BCUT2D eigenvalue weighted by Crippen LogP contribution is -2.26. The highest BCUT2D eigenvalue weighted by atomic mass is 16.5. The van der Waals surface area contributed by atoms with Gasteiger partial charge in [-0.1, -0.05) is 17.7 Å². The van der Waals surface area contributed by atoms with Crippen molar-refractivity contribution in [3.63, 3.8) is 0 Å². The molecule has 0 spiro atoms. The fourth-order valence-corrected chi connectivity index (χ4v) is 2.68. The molecule has 0 unspecified atom stereocenters. The van der Waals surface area contributed by atoms with Crippen molar-refractivity contribution in [2.24, 2.45) is 0 Å². The van der Waals surface area contributed by atoms with Crippen molar-refractivity contribution in [3.8, 4) is 11.4 Å². The molecular formula is C19H20N4O2. The molecule has 3 rings (SSSR count). The highest BCUT2D eigenvalue weighted by molar-refractivity contribution is 5.94. The molecule has 2 aromatic carbocycles. The van der Waals surface area contributed by atoms with Crippen LogP contribution in [-0.2, 0) is 6.54 Å². The molecular weight excluding hydrogens is 316 g/mol. The molecule has 0 radical (unpaired) electrons. The van der Waals surface area contributed by atoms with E-state index in [1.807, 2.05) is 37.3 Å². The van der Waals surface area contributed by atoms with Gasteiger partial charge >= 0.3 is 0 Å². The van der Waals surface area contributed by atoms with Crippen LogP contribution in [0, 0.1) is 6.92 Å². The smallest absolute Gasteiger partial charge is 0.253 e. The van der Waals surface area contributed by atoms with Crippen molar-refractivity contribution in [3.05, 3.63) is 71.8 Å². The van der Waals surface area contributed by atoms with Gasteiger partial charge in [0, 0.05) is 24.7 Å². The van der Waals surface area contributed by atoms with E-state index in [2.05, 4.69) is 10.1 Å². The third kappa shape index (κ3) is 3.68. The van der Waals surface area contributed by atoms with E-state index in [4.69, 9.17) is 4.74 Å². The number of amides is 1. The summed E-state index contributed by atoms with van der Waals surface area (Å²) >= 11 is 0. The maximum atomic E-state index is 12.7. The number of ether oxygens (including phenoxy) is 1. The Morgan fingerprint density at radius 1 is 1.20 bits per heavy atom. The second kappa shape index (κ2) is 7.17. The first-order chi connectivity index (χ1) is 12.1. The average molecular weight is 336 g/mol.